The predicted molar refractivity (Wildman–Crippen MR) is 85.4 cm³/mol. The highest BCUT2D eigenvalue weighted by atomic mass is 28.3. The normalized spacial score (nSPS) is 10.3. The molecule has 19 heavy (non-hydrogen) atoms. The van der Waals surface area contributed by atoms with E-state index in [0.717, 1.165) is 12.8 Å². The number of hydrogen-bond donors (Lipinski definition) is 0. The molecule has 2 aromatic rings. The van der Waals surface area contributed by atoms with E-state index in [4.69, 9.17) is 6.42 Å². The fourth-order valence-corrected chi connectivity index (χ4v) is 4.97. The second-order valence-electron chi connectivity index (χ2n) is 4.62. The minimum Gasteiger partial charge on any atom is -0.120 e. The Hall–Kier alpha value is -1.78. The van der Waals surface area contributed by atoms with Crippen LogP contribution in [0.3, 0.4) is 0 Å². The van der Waals surface area contributed by atoms with E-state index in [0.29, 0.717) is 0 Å². The van der Waals surface area contributed by atoms with Gasteiger partial charge in [-0.15, -0.1) is 12.3 Å². The lowest BCUT2D eigenvalue weighted by atomic mass is 10.3. The van der Waals surface area contributed by atoms with Crippen molar-refractivity contribution in [2.45, 2.75) is 25.3 Å². The molecule has 1 heteroatoms. The molecule has 0 saturated carbocycles. The molecule has 0 saturated heterocycles. The third-order valence-electron chi connectivity index (χ3n) is 3.24. The third-order valence-corrected chi connectivity index (χ3v) is 6.16. The predicted octanol–water partition coefficient (Wildman–Crippen LogP) is 3.10. The highest BCUT2D eigenvalue weighted by Gasteiger charge is 2.15. The molecule has 0 aromatic heterocycles. The highest BCUT2D eigenvalue weighted by molar-refractivity contribution is 6.85. The van der Waals surface area contributed by atoms with Crippen molar-refractivity contribution in [3.63, 3.8) is 0 Å². The molecule has 1 radical (unpaired) electrons. The Kier molecular flexibility index (Phi) is 5.46. The molecule has 0 heterocycles. The smallest absolute Gasteiger partial charge is 0.120 e. The molecule has 95 valence electrons. The van der Waals surface area contributed by atoms with Crippen molar-refractivity contribution >= 4 is 19.2 Å². The van der Waals surface area contributed by atoms with Crippen LogP contribution in [0, 0.1) is 12.3 Å². The Morgan fingerprint density at radius 3 is 1.79 bits per heavy atom. The second kappa shape index (κ2) is 7.61. The minimum absolute atomic E-state index is 0.649. The van der Waals surface area contributed by atoms with Gasteiger partial charge in [0.25, 0.3) is 0 Å². The van der Waals surface area contributed by atoms with Gasteiger partial charge in [0, 0.05) is 6.42 Å². The zero-order valence-electron chi connectivity index (χ0n) is 11.2. The molecule has 0 amide bonds. The van der Waals surface area contributed by atoms with Crippen LogP contribution in [0.25, 0.3) is 0 Å². The first-order valence-corrected chi connectivity index (χ1v) is 8.52. The van der Waals surface area contributed by atoms with Gasteiger partial charge in [0.05, 0.1) is 0 Å². The number of hydrogen-bond acceptors (Lipinski definition) is 0. The molecule has 0 spiro atoms. The number of benzene rings is 2. The van der Waals surface area contributed by atoms with Gasteiger partial charge in [-0.2, -0.15) is 0 Å². The monoisotopic (exact) mass is 263 g/mol. The summed E-state index contributed by atoms with van der Waals surface area (Å²) >= 11 is 0. The van der Waals surface area contributed by atoms with E-state index in [-0.39, 0.29) is 0 Å². The molecule has 2 rings (SSSR count). The molecule has 0 aliphatic heterocycles. The van der Waals surface area contributed by atoms with Crippen LogP contribution in [0.5, 0.6) is 0 Å². The Morgan fingerprint density at radius 1 is 0.789 bits per heavy atom. The summed E-state index contributed by atoms with van der Waals surface area (Å²) in [6, 6.07) is 23.1. The molecule has 0 aliphatic carbocycles. The van der Waals surface area contributed by atoms with Crippen LogP contribution in [0.1, 0.15) is 19.3 Å². The van der Waals surface area contributed by atoms with E-state index in [1.807, 2.05) is 0 Å². The summed E-state index contributed by atoms with van der Waals surface area (Å²) in [6.07, 6.45) is 8.60. The molecule has 0 bridgehead atoms. The van der Waals surface area contributed by atoms with E-state index in [9.17, 15) is 0 Å². The van der Waals surface area contributed by atoms with E-state index in [2.05, 4.69) is 66.6 Å². The third kappa shape index (κ3) is 4.12. The highest BCUT2D eigenvalue weighted by Crippen LogP contribution is 2.05. The van der Waals surface area contributed by atoms with E-state index < -0.39 is 8.80 Å². The molecule has 2 aromatic carbocycles. The SMILES string of the molecule is C#CCCCC[Si](c1ccccc1)c1ccccc1. The maximum Gasteiger partial charge on any atom is 0.121 e. The van der Waals surface area contributed by atoms with Crippen LogP contribution in [-0.2, 0) is 0 Å². The van der Waals surface area contributed by atoms with Crippen LogP contribution in [0.4, 0.5) is 0 Å². The van der Waals surface area contributed by atoms with Crippen molar-refractivity contribution in [3.05, 3.63) is 60.7 Å². The topological polar surface area (TPSA) is 0 Å². The summed E-state index contributed by atoms with van der Waals surface area (Å²) in [5.41, 5.74) is 0. The summed E-state index contributed by atoms with van der Waals surface area (Å²) in [6.45, 7) is 0. The quantitative estimate of drug-likeness (QED) is 0.427. The average Bonchev–Trinajstić information content (AvgIpc) is 2.49. The Labute approximate surface area is 118 Å². The zero-order chi connectivity index (χ0) is 13.3. The fourth-order valence-electron chi connectivity index (χ4n) is 2.26. The summed E-state index contributed by atoms with van der Waals surface area (Å²) in [7, 11) is -0.649. The number of terminal acetylenes is 1. The summed E-state index contributed by atoms with van der Waals surface area (Å²) in [5, 5.41) is 3.00. The fraction of sp³-hybridized carbons (Fsp3) is 0.222. The molecule has 0 fully saturated rings. The molecule has 0 atom stereocenters. The van der Waals surface area contributed by atoms with Gasteiger partial charge in [-0.3, -0.25) is 0 Å². The van der Waals surface area contributed by atoms with Crippen molar-refractivity contribution in [1.29, 1.82) is 0 Å². The van der Waals surface area contributed by atoms with Crippen molar-refractivity contribution in [2.75, 3.05) is 0 Å². The first-order chi connectivity index (χ1) is 9.42. The van der Waals surface area contributed by atoms with Gasteiger partial charge >= 0.3 is 0 Å². The van der Waals surface area contributed by atoms with Crippen LogP contribution in [-0.4, -0.2) is 8.80 Å². The average molecular weight is 263 g/mol. The number of rotatable bonds is 6. The summed E-state index contributed by atoms with van der Waals surface area (Å²) in [5.74, 6) is 2.73. The first-order valence-electron chi connectivity index (χ1n) is 6.82. The van der Waals surface area contributed by atoms with Gasteiger partial charge in [-0.25, -0.2) is 0 Å². The van der Waals surface area contributed by atoms with Gasteiger partial charge in [0.15, 0.2) is 0 Å². The largest absolute Gasteiger partial charge is 0.121 e. The van der Waals surface area contributed by atoms with Gasteiger partial charge < -0.3 is 0 Å². The lowest BCUT2D eigenvalue weighted by molar-refractivity contribution is 0.823. The lowest BCUT2D eigenvalue weighted by Gasteiger charge is -2.15. The number of unbranched alkanes of at least 4 members (excludes halogenated alkanes) is 2. The van der Waals surface area contributed by atoms with Gasteiger partial charge in [-0.05, 0) is 6.42 Å². The van der Waals surface area contributed by atoms with E-state index in [1.54, 1.807) is 0 Å². The maximum atomic E-state index is 5.33. The Morgan fingerprint density at radius 2 is 1.32 bits per heavy atom. The van der Waals surface area contributed by atoms with Crippen LogP contribution in [0.2, 0.25) is 6.04 Å². The Bertz CT molecular complexity index is 471. The first kappa shape index (κ1) is 13.6. The van der Waals surface area contributed by atoms with E-state index in [1.165, 1.54) is 22.8 Å². The molecular formula is C18H19Si. The summed E-state index contributed by atoms with van der Waals surface area (Å²) < 4.78 is 0. The molecule has 0 nitrogen and oxygen atoms in total. The van der Waals surface area contributed by atoms with Crippen LogP contribution in [0.15, 0.2) is 60.7 Å². The van der Waals surface area contributed by atoms with Crippen molar-refractivity contribution < 1.29 is 0 Å². The van der Waals surface area contributed by atoms with Crippen molar-refractivity contribution in [2.24, 2.45) is 0 Å². The summed E-state index contributed by atoms with van der Waals surface area (Å²) in [4.78, 5) is 0. The van der Waals surface area contributed by atoms with Gasteiger partial charge in [0.1, 0.15) is 8.80 Å². The van der Waals surface area contributed by atoms with E-state index >= 15 is 0 Å². The van der Waals surface area contributed by atoms with Crippen LogP contribution >= 0.6 is 0 Å². The molecule has 0 aliphatic rings. The second-order valence-corrected chi connectivity index (χ2v) is 7.23. The molecular weight excluding hydrogens is 244 g/mol. The van der Waals surface area contributed by atoms with Gasteiger partial charge in [0.2, 0.25) is 0 Å². The lowest BCUT2D eigenvalue weighted by Crippen LogP contribution is -2.41. The minimum atomic E-state index is -0.649. The van der Waals surface area contributed by atoms with Crippen molar-refractivity contribution in [3.8, 4) is 12.3 Å². The zero-order valence-corrected chi connectivity index (χ0v) is 12.2. The van der Waals surface area contributed by atoms with Gasteiger partial charge in [-0.1, -0.05) is 83.5 Å². The molecule has 0 unspecified atom stereocenters. The maximum absolute atomic E-state index is 5.33. The van der Waals surface area contributed by atoms with Crippen molar-refractivity contribution in [1.82, 2.24) is 0 Å². The van der Waals surface area contributed by atoms with Crippen LogP contribution < -0.4 is 10.4 Å². The molecule has 0 N–H and O–H groups in total. The standard InChI is InChI=1S/C18H19Si/c1-2-3-4-11-16-19(17-12-7-5-8-13-17)18-14-9-6-10-15-18/h1,5-10,12-15H,3-4,11,16H2. The Balaban J connectivity index is 2.13.